The van der Waals surface area contributed by atoms with Crippen LogP contribution in [-0.4, -0.2) is 80.0 Å². The molecular weight excluding hydrogens is 687 g/mol. The van der Waals surface area contributed by atoms with Crippen LogP contribution in [0.2, 0.25) is 5.02 Å². The molecule has 266 valence electrons. The summed E-state index contributed by atoms with van der Waals surface area (Å²) in [5.74, 6) is -0.239. The number of phenols is 1. The van der Waals surface area contributed by atoms with Crippen molar-refractivity contribution in [2.45, 2.75) is 32.9 Å². The summed E-state index contributed by atoms with van der Waals surface area (Å²) in [6.45, 7) is 8.13. The van der Waals surface area contributed by atoms with Crippen LogP contribution in [0.25, 0.3) is 11.3 Å². The average Bonchev–Trinajstić information content (AvgIpc) is 3.61. The fourth-order valence-corrected chi connectivity index (χ4v) is 7.28. The Balaban J connectivity index is 0.00000448. The van der Waals surface area contributed by atoms with Gasteiger partial charge in [-0.05, 0) is 79.9 Å². The van der Waals surface area contributed by atoms with Crippen LogP contribution in [-0.2, 0) is 31.8 Å². The lowest BCUT2D eigenvalue weighted by Crippen LogP contribution is -2.52. The molecule has 10 nitrogen and oxygen atoms in total. The number of amides is 2. The minimum Gasteiger partial charge on any atom is -0.508 e. The van der Waals surface area contributed by atoms with E-state index in [0.29, 0.717) is 58.5 Å². The van der Waals surface area contributed by atoms with Crippen LogP contribution in [0, 0.1) is 13.8 Å². The van der Waals surface area contributed by atoms with Gasteiger partial charge in [0, 0.05) is 79.5 Å². The van der Waals surface area contributed by atoms with E-state index in [4.69, 9.17) is 16.3 Å². The number of ether oxygens (including phenoxy) is 1. The largest absolute Gasteiger partial charge is 0.508 e. The number of rotatable bonds is 7. The van der Waals surface area contributed by atoms with E-state index >= 15 is 0 Å². The SMILES string of the molecule is Cc1c(N(C(=O)c2cc(-c3cc(Cl)ccc3C(=O)N3Cc4ccccc4C[C@H]3CN3CCOCC3)n(C)c2C)c2ccc(O)cc2)cnn1C.Cl. The van der Waals surface area contributed by atoms with Gasteiger partial charge in [-0.15, -0.1) is 12.4 Å². The lowest BCUT2D eigenvalue weighted by Gasteiger charge is -2.40. The number of carbonyl (C=O) groups is 2. The Hall–Kier alpha value is -4.61. The van der Waals surface area contributed by atoms with Gasteiger partial charge in [0.1, 0.15) is 5.75 Å². The third-order valence-electron chi connectivity index (χ3n) is 10.2. The summed E-state index contributed by atoms with van der Waals surface area (Å²) in [7, 11) is 3.73. The first-order valence-corrected chi connectivity index (χ1v) is 17.2. The molecular formula is C39H42Cl2N6O4. The molecule has 51 heavy (non-hydrogen) atoms. The second-order valence-corrected chi connectivity index (χ2v) is 13.6. The summed E-state index contributed by atoms with van der Waals surface area (Å²) in [6.07, 6.45) is 2.43. The van der Waals surface area contributed by atoms with Gasteiger partial charge in [-0.25, -0.2) is 0 Å². The number of aryl methyl sites for hydroxylation is 1. The van der Waals surface area contributed by atoms with E-state index in [0.717, 1.165) is 43.0 Å². The maximum absolute atomic E-state index is 14.8. The number of halogens is 2. The highest BCUT2D eigenvalue weighted by Gasteiger charge is 2.34. The van der Waals surface area contributed by atoms with Crippen molar-refractivity contribution in [2.75, 3.05) is 37.7 Å². The van der Waals surface area contributed by atoms with Gasteiger partial charge in [0.25, 0.3) is 11.8 Å². The predicted molar refractivity (Wildman–Crippen MR) is 201 cm³/mol. The molecule has 1 saturated heterocycles. The third kappa shape index (κ3) is 7.01. The van der Waals surface area contributed by atoms with Crippen molar-refractivity contribution in [3.8, 4) is 17.0 Å². The highest BCUT2D eigenvalue weighted by molar-refractivity contribution is 6.31. The van der Waals surface area contributed by atoms with E-state index in [1.165, 1.54) is 5.56 Å². The number of anilines is 2. The molecule has 4 heterocycles. The Labute approximate surface area is 309 Å². The molecule has 7 rings (SSSR count). The Morgan fingerprint density at radius 3 is 2.33 bits per heavy atom. The molecule has 1 atom stereocenters. The van der Waals surface area contributed by atoms with E-state index in [2.05, 4.69) is 28.2 Å². The van der Waals surface area contributed by atoms with E-state index < -0.39 is 0 Å². The Bertz CT molecular complexity index is 2070. The van der Waals surface area contributed by atoms with E-state index in [-0.39, 0.29) is 36.0 Å². The van der Waals surface area contributed by atoms with Gasteiger partial charge in [0.15, 0.2) is 0 Å². The molecule has 1 fully saturated rings. The van der Waals surface area contributed by atoms with Gasteiger partial charge in [-0.3, -0.25) is 24.1 Å². The number of morpholine rings is 1. The lowest BCUT2D eigenvalue weighted by atomic mass is 9.92. The molecule has 0 bridgehead atoms. The average molecular weight is 730 g/mol. The highest BCUT2D eigenvalue weighted by atomic mass is 35.5. The van der Waals surface area contributed by atoms with Crippen molar-refractivity contribution in [2.24, 2.45) is 14.1 Å². The van der Waals surface area contributed by atoms with Gasteiger partial charge in [-0.2, -0.15) is 5.10 Å². The second kappa shape index (κ2) is 14.9. The number of phenolic OH excluding ortho intramolecular Hbond substituents is 1. The number of benzene rings is 3. The van der Waals surface area contributed by atoms with Crippen LogP contribution >= 0.6 is 24.0 Å². The van der Waals surface area contributed by atoms with Gasteiger partial charge >= 0.3 is 0 Å². The number of hydrogen-bond acceptors (Lipinski definition) is 6. The van der Waals surface area contributed by atoms with Crippen molar-refractivity contribution < 1.29 is 19.4 Å². The van der Waals surface area contributed by atoms with Crippen LogP contribution in [0.15, 0.2) is 79.0 Å². The zero-order valence-corrected chi connectivity index (χ0v) is 30.7. The standard InChI is InChI=1S/C39H41ClN6O4.ClH/c1-25-34(39(49)46(30-10-12-32(47)13-11-30)37-22-41-43(4)26(37)2)21-36(42(25)3)35-20-29(40)9-14-33(35)38(48)45-23-28-8-6-5-7-27(28)19-31(45)24-44-15-17-50-18-16-44;/h5-14,20-22,31,47H,15-19,23-24H2,1-4H3;1H/t31-;/m0./s1. The normalized spacial score (nSPS) is 16.0. The van der Waals surface area contributed by atoms with E-state index in [1.54, 1.807) is 52.2 Å². The zero-order valence-electron chi connectivity index (χ0n) is 29.2. The first kappa shape index (κ1) is 36.2. The van der Waals surface area contributed by atoms with E-state index in [1.807, 2.05) is 55.6 Å². The van der Waals surface area contributed by atoms with Crippen molar-refractivity contribution in [1.29, 1.82) is 0 Å². The Morgan fingerprint density at radius 2 is 1.65 bits per heavy atom. The number of aromatic hydroxyl groups is 1. The van der Waals surface area contributed by atoms with Crippen molar-refractivity contribution in [1.82, 2.24) is 24.1 Å². The first-order chi connectivity index (χ1) is 24.1. The summed E-state index contributed by atoms with van der Waals surface area (Å²) in [5, 5.41) is 14.9. The first-order valence-electron chi connectivity index (χ1n) is 16.9. The molecule has 0 unspecified atom stereocenters. The van der Waals surface area contributed by atoms with Gasteiger partial charge in [0.2, 0.25) is 0 Å². The third-order valence-corrected chi connectivity index (χ3v) is 10.4. The summed E-state index contributed by atoms with van der Waals surface area (Å²) in [6, 6.07) is 22.1. The number of hydrogen-bond donors (Lipinski definition) is 1. The molecule has 0 spiro atoms. The predicted octanol–water partition coefficient (Wildman–Crippen LogP) is 6.70. The summed E-state index contributed by atoms with van der Waals surface area (Å²) < 4.78 is 9.26. The second-order valence-electron chi connectivity index (χ2n) is 13.1. The summed E-state index contributed by atoms with van der Waals surface area (Å²) in [4.78, 5) is 35.4. The monoisotopic (exact) mass is 728 g/mol. The molecule has 5 aromatic rings. The molecule has 1 N–H and O–H groups in total. The molecule has 3 aromatic carbocycles. The lowest BCUT2D eigenvalue weighted by molar-refractivity contribution is 0.0193. The quantitative estimate of drug-likeness (QED) is 0.201. The summed E-state index contributed by atoms with van der Waals surface area (Å²) in [5.41, 5.74) is 7.52. The van der Waals surface area contributed by atoms with E-state index in [9.17, 15) is 14.7 Å². The van der Waals surface area contributed by atoms with Crippen LogP contribution in [0.5, 0.6) is 5.75 Å². The van der Waals surface area contributed by atoms with Crippen molar-refractivity contribution >= 4 is 47.2 Å². The number of fused-ring (bicyclic) bond motifs is 1. The minimum absolute atomic E-state index is 0. The smallest absolute Gasteiger partial charge is 0.264 e. The molecule has 12 heteroatoms. The maximum Gasteiger partial charge on any atom is 0.264 e. The topological polar surface area (TPSA) is 96.1 Å². The molecule has 0 saturated carbocycles. The van der Waals surface area contributed by atoms with Crippen LogP contribution < -0.4 is 4.90 Å². The van der Waals surface area contributed by atoms with Crippen LogP contribution in [0.4, 0.5) is 11.4 Å². The fourth-order valence-electron chi connectivity index (χ4n) is 7.11. The van der Waals surface area contributed by atoms with Gasteiger partial charge < -0.3 is 19.3 Å². The molecule has 2 amide bonds. The molecule has 0 radical (unpaired) electrons. The van der Waals surface area contributed by atoms with Crippen LogP contribution in [0.1, 0.15) is 43.2 Å². The zero-order chi connectivity index (χ0) is 35.1. The van der Waals surface area contributed by atoms with Gasteiger partial charge in [0.05, 0.1) is 36.4 Å². The fraction of sp³-hybridized carbons (Fsp3) is 0.308. The molecule has 0 aliphatic carbocycles. The summed E-state index contributed by atoms with van der Waals surface area (Å²) >= 11 is 6.63. The van der Waals surface area contributed by atoms with Crippen molar-refractivity contribution in [3.05, 3.63) is 118 Å². The Kier molecular flexibility index (Phi) is 10.6. The Morgan fingerprint density at radius 1 is 0.941 bits per heavy atom. The molecule has 2 aromatic heterocycles. The van der Waals surface area contributed by atoms with Crippen LogP contribution in [0.3, 0.4) is 0 Å². The highest BCUT2D eigenvalue weighted by Crippen LogP contribution is 2.36. The minimum atomic E-state index is -0.265. The van der Waals surface area contributed by atoms with Gasteiger partial charge in [-0.1, -0.05) is 35.9 Å². The number of nitrogens with zero attached hydrogens (tertiary/aromatic N) is 6. The molecule has 2 aliphatic rings. The van der Waals surface area contributed by atoms with Crippen molar-refractivity contribution in [3.63, 3.8) is 0 Å². The number of aromatic nitrogens is 3. The molecule has 2 aliphatic heterocycles. The maximum atomic E-state index is 14.8. The number of carbonyl (C=O) groups excluding carboxylic acids is 2.